The molecule has 0 N–H and O–H groups in total. The fourth-order valence-electron chi connectivity index (χ4n) is 1.99. The van der Waals surface area contributed by atoms with E-state index in [9.17, 15) is 4.79 Å². The van der Waals surface area contributed by atoms with Crippen molar-refractivity contribution in [2.75, 3.05) is 18.0 Å². The number of hydrogen-bond donors (Lipinski definition) is 0. The number of carbonyl (C=O) groups is 1. The quantitative estimate of drug-likeness (QED) is 0.761. The zero-order valence-corrected chi connectivity index (χ0v) is 12.7. The monoisotopic (exact) mass is 263 g/mol. The minimum atomic E-state index is -0.406. The number of hydrogen-bond acceptors (Lipinski definition) is 3. The Kier molecular flexibility index (Phi) is 5.40. The number of esters is 1. The smallest absolute Gasteiger partial charge is 0.308 e. The molecule has 0 aliphatic heterocycles. The van der Waals surface area contributed by atoms with Gasteiger partial charge in [-0.3, -0.25) is 4.79 Å². The summed E-state index contributed by atoms with van der Waals surface area (Å²) >= 11 is 0. The molecule has 0 unspecified atom stereocenters. The standard InChI is InChI=1S/C16H25NO2/c1-6-17(14-10-8-7-9-13(14)2)12-11-15(18)19-16(3,4)5/h7-10H,6,11-12H2,1-5H3. The van der Waals surface area contributed by atoms with Gasteiger partial charge in [-0.05, 0) is 46.2 Å². The van der Waals surface area contributed by atoms with E-state index < -0.39 is 5.60 Å². The summed E-state index contributed by atoms with van der Waals surface area (Å²) in [5.74, 6) is -0.139. The number of anilines is 1. The molecule has 3 heteroatoms. The molecule has 0 heterocycles. The lowest BCUT2D eigenvalue weighted by Crippen LogP contribution is -2.30. The topological polar surface area (TPSA) is 29.5 Å². The van der Waals surface area contributed by atoms with Gasteiger partial charge in [0.1, 0.15) is 5.60 Å². The highest BCUT2D eigenvalue weighted by molar-refractivity contribution is 5.70. The van der Waals surface area contributed by atoms with Crippen LogP contribution in [-0.2, 0) is 9.53 Å². The molecule has 0 atom stereocenters. The summed E-state index contributed by atoms with van der Waals surface area (Å²) in [6, 6.07) is 8.23. The van der Waals surface area contributed by atoms with E-state index in [0.29, 0.717) is 13.0 Å². The number of rotatable bonds is 5. The Morgan fingerprint density at radius 1 is 1.26 bits per heavy atom. The third-order valence-electron chi connectivity index (χ3n) is 2.84. The summed E-state index contributed by atoms with van der Waals surface area (Å²) in [4.78, 5) is 14.0. The highest BCUT2D eigenvalue weighted by Gasteiger charge is 2.17. The summed E-state index contributed by atoms with van der Waals surface area (Å²) in [6.45, 7) is 11.4. The molecule has 0 saturated heterocycles. The van der Waals surface area contributed by atoms with Gasteiger partial charge in [-0.25, -0.2) is 0 Å². The van der Waals surface area contributed by atoms with Crippen molar-refractivity contribution >= 4 is 11.7 Å². The van der Waals surface area contributed by atoms with Crippen molar-refractivity contribution in [3.63, 3.8) is 0 Å². The van der Waals surface area contributed by atoms with Gasteiger partial charge in [-0.2, -0.15) is 0 Å². The first-order valence-electron chi connectivity index (χ1n) is 6.86. The van der Waals surface area contributed by atoms with Crippen LogP contribution in [0, 0.1) is 6.92 Å². The Labute approximate surface area is 116 Å². The lowest BCUT2D eigenvalue weighted by atomic mass is 10.1. The predicted molar refractivity (Wildman–Crippen MR) is 79.5 cm³/mol. The number of para-hydroxylation sites is 1. The summed E-state index contributed by atoms with van der Waals surface area (Å²) < 4.78 is 5.33. The molecule has 0 saturated carbocycles. The SMILES string of the molecule is CCN(CCC(=O)OC(C)(C)C)c1ccccc1C. The average molecular weight is 263 g/mol. The Bertz CT molecular complexity index is 421. The van der Waals surface area contributed by atoms with Gasteiger partial charge in [0.15, 0.2) is 0 Å². The van der Waals surface area contributed by atoms with Crippen molar-refractivity contribution in [3.8, 4) is 0 Å². The molecule has 0 radical (unpaired) electrons. The maximum Gasteiger partial charge on any atom is 0.308 e. The molecule has 0 aliphatic carbocycles. The highest BCUT2D eigenvalue weighted by Crippen LogP contribution is 2.19. The molecule has 0 fully saturated rings. The molecule has 3 nitrogen and oxygen atoms in total. The zero-order valence-electron chi connectivity index (χ0n) is 12.7. The molecule has 0 amide bonds. The Morgan fingerprint density at radius 2 is 1.89 bits per heavy atom. The van der Waals surface area contributed by atoms with Gasteiger partial charge >= 0.3 is 5.97 Å². The minimum absolute atomic E-state index is 0.139. The lowest BCUT2D eigenvalue weighted by Gasteiger charge is -2.25. The molecule has 1 aromatic rings. The van der Waals surface area contributed by atoms with Crippen molar-refractivity contribution in [2.24, 2.45) is 0 Å². The van der Waals surface area contributed by atoms with Crippen LogP contribution in [0.5, 0.6) is 0 Å². The van der Waals surface area contributed by atoms with Gasteiger partial charge in [0, 0.05) is 18.8 Å². The van der Waals surface area contributed by atoms with Crippen molar-refractivity contribution in [1.82, 2.24) is 0 Å². The molecule has 106 valence electrons. The first kappa shape index (κ1) is 15.5. The maximum absolute atomic E-state index is 11.7. The van der Waals surface area contributed by atoms with Crippen LogP contribution < -0.4 is 4.90 Å². The van der Waals surface area contributed by atoms with Crippen LogP contribution >= 0.6 is 0 Å². The summed E-state index contributed by atoms with van der Waals surface area (Å²) in [5.41, 5.74) is 2.01. The van der Waals surface area contributed by atoms with Crippen LogP contribution in [-0.4, -0.2) is 24.7 Å². The van der Waals surface area contributed by atoms with Crippen molar-refractivity contribution in [1.29, 1.82) is 0 Å². The largest absolute Gasteiger partial charge is 0.460 e. The van der Waals surface area contributed by atoms with Crippen LogP contribution in [0.25, 0.3) is 0 Å². The lowest BCUT2D eigenvalue weighted by molar-refractivity contribution is -0.154. The minimum Gasteiger partial charge on any atom is -0.460 e. The van der Waals surface area contributed by atoms with Crippen LogP contribution in [0.15, 0.2) is 24.3 Å². The summed E-state index contributed by atoms with van der Waals surface area (Å²) in [7, 11) is 0. The van der Waals surface area contributed by atoms with Crippen molar-refractivity contribution in [2.45, 2.75) is 46.6 Å². The van der Waals surface area contributed by atoms with E-state index in [1.807, 2.05) is 32.9 Å². The second kappa shape index (κ2) is 6.60. The molecular formula is C16H25NO2. The van der Waals surface area contributed by atoms with E-state index in [0.717, 1.165) is 6.54 Å². The number of benzene rings is 1. The molecule has 1 aromatic carbocycles. The van der Waals surface area contributed by atoms with Crippen LogP contribution in [0.1, 0.15) is 39.7 Å². The van der Waals surface area contributed by atoms with Crippen molar-refractivity contribution < 1.29 is 9.53 Å². The number of ether oxygens (including phenoxy) is 1. The number of carbonyl (C=O) groups excluding carboxylic acids is 1. The molecule has 19 heavy (non-hydrogen) atoms. The predicted octanol–water partition coefficient (Wildman–Crippen LogP) is 3.55. The first-order chi connectivity index (χ1) is 8.83. The number of nitrogens with zero attached hydrogens (tertiary/aromatic N) is 1. The third kappa shape index (κ3) is 5.33. The van der Waals surface area contributed by atoms with E-state index in [4.69, 9.17) is 4.74 Å². The molecule has 0 aromatic heterocycles. The number of aryl methyl sites for hydroxylation is 1. The van der Waals surface area contributed by atoms with Crippen molar-refractivity contribution in [3.05, 3.63) is 29.8 Å². The first-order valence-corrected chi connectivity index (χ1v) is 6.86. The van der Waals surface area contributed by atoms with E-state index in [1.54, 1.807) is 0 Å². The van der Waals surface area contributed by atoms with Gasteiger partial charge in [0.2, 0.25) is 0 Å². The Balaban J connectivity index is 2.59. The molecule has 1 rings (SSSR count). The van der Waals surface area contributed by atoms with Gasteiger partial charge in [0.25, 0.3) is 0 Å². The van der Waals surface area contributed by atoms with E-state index >= 15 is 0 Å². The van der Waals surface area contributed by atoms with E-state index in [-0.39, 0.29) is 5.97 Å². The maximum atomic E-state index is 11.7. The van der Waals surface area contributed by atoms with Crippen LogP contribution in [0.4, 0.5) is 5.69 Å². The third-order valence-corrected chi connectivity index (χ3v) is 2.84. The Hall–Kier alpha value is -1.51. The Morgan fingerprint density at radius 3 is 2.42 bits per heavy atom. The second-order valence-electron chi connectivity index (χ2n) is 5.70. The van der Waals surface area contributed by atoms with Gasteiger partial charge in [-0.1, -0.05) is 18.2 Å². The average Bonchev–Trinajstić information content (AvgIpc) is 2.29. The zero-order chi connectivity index (χ0) is 14.5. The molecular weight excluding hydrogens is 238 g/mol. The van der Waals surface area contributed by atoms with E-state index in [1.165, 1.54) is 11.3 Å². The fourth-order valence-corrected chi connectivity index (χ4v) is 1.99. The highest BCUT2D eigenvalue weighted by atomic mass is 16.6. The van der Waals surface area contributed by atoms with Gasteiger partial charge < -0.3 is 9.64 Å². The summed E-state index contributed by atoms with van der Waals surface area (Å²) in [6.07, 6.45) is 0.416. The second-order valence-corrected chi connectivity index (χ2v) is 5.70. The molecule has 0 aliphatic rings. The normalized spacial score (nSPS) is 11.2. The van der Waals surface area contributed by atoms with Gasteiger partial charge in [-0.15, -0.1) is 0 Å². The molecule has 0 spiro atoms. The van der Waals surface area contributed by atoms with Gasteiger partial charge in [0.05, 0.1) is 6.42 Å². The van der Waals surface area contributed by atoms with Crippen LogP contribution in [0.2, 0.25) is 0 Å². The molecule has 0 bridgehead atoms. The van der Waals surface area contributed by atoms with E-state index in [2.05, 4.69) is 30.9 Å². The fraction of sp³-hybridized carbons (Fsp3) is 0.562. The summed E-state index contributed by atoms with van der Waals surface area (Å²) in [5, 5.41) is 0. The van der Waals surface area contributed by atoms with Crippen LogP contribution in [0.3, 0.4) is 0 Å².